The zero-order valence-corrected chi connectivity index (χ0v) is 15.1. The van der Waals surface area contributed by atoms with E-state index in [9.17, 15) is 9.59 Å². The lowest BCUT2D eigenvalue weighted by Gasteiger charge is -2.17. The first kappa shape index (κ1) is 19.5. The van der Waals surface area contributed by atoms with Gasteiger partial charge in [-0.3, -0.25) is 4.79 Å². The number of ether oxygens (including phenoxy) is 1. The lowest BCUT2D eigenvalue weighted by molar-refractivity contribution is -0.133. The van der Waals surface area contributed by atoms with Crippen LogP contribution in [0, 0.1) is 6.92 Å². The first-order valence-corrected chi connectivity index (χ1v) is 8.41. The van der Waals surface area contributed by atoms with Crippen LogP contribution < -0.4 is 5.32 Å². The zero-order valence-electron chi connectivity index (χ0n) is 15.1. The van der Waals surface area contributed by atoms with Gasteiger partial charge in [0.2, 0.25) is 0 Å². The van der Waals surface area contributed by atoms with Gasteiger partial charge in [0, 0.05) is 25.8 Å². The number of hydrogen-bond donors (Lipinski definition) is 2. The van der Waals surface area contributed by atoms with Crippen LogP contribution in [0.2, 0.25) is 0 Å². The van der Waals surface area contributed by atoms with Crippen LogP contribution in [0.4, 0.5) is 5.69 Å². The summed E-state index contributed by atoms with van der Waals surface area (Å²) in [7, 11) is 1.67. The number of amides is 1. The van der Waals surface area contributed by atoms with E-state index < -0.39 is 5.97 Å². The van der Waals surface area contributed by atoms with Crippen LogP contribution in [0.3, 0.4) is 0 Å². The van der Waals surface area contributed by atoms with E-state index in [4.69, 9.17) is 9.84 Å². The molecule has 0 radical (unpaired) electrons. The number of likely N-dealkylation sites (N-methyl/N-ethyl adjacent to an activating group) is 1. The number of nitrogens with zero attached hydrogens (tertiary/aromatic N) is 1. The van der Waals surface area contributed by atoms with Gasteiger partial charge < -0.3 is 20.1 Å². The Bertz CT molecular complexity index is 744. The molecule has 6 heteroatoms. The Morgan fingerprint density at radius 2 is 1.81 bits per heavy atom. The van der Waals surface area contributed by atoms with E-state index in [0.29, 0.717) is 24.3 Å². The van der Waals surface area contributed by atoms with Crippen LogP contribution in [0.5, 0.6) is 0 Å². The van der Waals surface area contributed by atoms with Crippen molar-refractivity contribution in [1.82, 2.24) is 4.90 Å². The van der Waals surface area contributed by atoms with Crippen molar-refractivity contribution in [3.05, 3.63) is 65.2 Å². The molecule has 1 amide bonds. The molecule has 2 N–H and O–H groups in total. The molecule has 0 saturated heterocycles. The first-order valence-electron chi connectivity index (χ1n) is 8.41. The maximum Gasteiger partial charge on any atom is 0.340 e. The highest BCUT2D eigenvalue weighted by atomic mass is 16.5. The van der Waals surface area contributed by atoms with Crippen LogP contribution in [0.1, 0.15) is 21.5 Å². The fraction of sp³-hybridized carbons (Fsp3) is 0.300. The first-order chi connectivity index (χ1) is 12.5. The molecule has 0 aliphatic carbocycles. The van der Waals surface area contributed by atoms with Crippen LogP contribution in [-0.4, -0.2) is 48.7 Å². The Labute approximate surface area is 153 Å². The average molecular weight is 356 g/mol. The maximum absolute atomic E-state index is 12.3. The molecule has 0 aliphatic heterocycles. The van der Waals surface area contributed by atoms with Gasteiger partial charge in [0.05, 0.1) is 12.2 Å². The number of hydrogen-bond acceptors (Lipinski definition) is 5. The summed E-state index contributed by atoms with van der Waals surface area (Å²) in [6.45, 7) is 2.40. The summed E-state index contributed by atoms with van der Waals surface area (Å²) in [6.07, 6.45) is 0. The minimum absolute atomic E-state index is 0.0499. The minimum Gasteiger partial charge on any atom is -0.452 e. The van der Waals surface area contributed by atoms with E-state index in [2.05, 4.69) is 5.32 Å². The van der Waals surface area contributed by atoms with Crippen molar-refractivity contribution in [3.63, 3.8) is 0 Å². The van der Waals surface area contributed by atoms with Gasteiger partial charge >= 0.3 is 5.97 Å². The number of rotatable bonds is 8. The number of carbonyl (C=O) groups is 2. The summed E-state index contributed by atoms with van der Waals surface area (Å²) in [5, 5.41) is 11.8. The highest BCUT2D eigenvalue weighted by Crippen LogP contribution is 2.16. The van der Waals surface area contributed by atoms with Crippen molar-refractivity contribution < 1.29 is 19.4 Å². The van der Waals surface area contributed by atoms with Crippen molar-refractivity contribution in [1.29, 1.82) is 0 Å². The number of aliphatic hydroxyl groups excluding tert-OH is 1. The molecule has 0 atom stereocenters. The van der Waals surface area contributed by atoms with Crippen LogP contribution >= 0.6 is 0 Å². The molecule has 0 saturated carbocycles. The lowest BCUT2D eigenvalue weighted by atomic mass is 10.1. The Kier molecular flexibility index (Phi) is 7.17. The van der Waals surface area contributed by atoms with Gasteiger partial charge in [-0.15, -0.1) is 0 Å². The number of anilines is 1. The van der Waals surface area contributed by atoms with Crippen LogP contribution in [0.15, 0.2) is 48.5 Å². The smallest absolute Gasteiger partial charge is 0.340 e. The third-order valence-electron chi connectivity index (χ3n) is 3.87. The van der Waals surface area contributed by atoms with Crippen molar-refractivity contribution in [2.45, 2.75) is 13.5 Å². The molecule has 0 aromatic heterocycles. The average Bonchev–Trinajstić information content (AvgIpc) is 2.66. The molecule has 6 nitrogen and oxygen atoms in total. The van der Waals surface area contributed by atoms with Gasteiger partial charge in [-0.05, 0) is 24.6 Å². The Morgan fingerprint density at radius 3 is 2.50 bits per heavy atom. The van der Waals surface area contributed by atoms with Gasteiger partial charge in [-0.1, -0.05) is 42.0 Å². The Balaban J connectivity index is 1.90. The molecule has 0 unspecified atom stereocenters. The molecule has 26 heavy (non-hydrogen) atoms. The molecule has 2 rings (SSSR count). The molecule has 0 spiro atoms. The molecule has 0 bridgehead atoms. The summed E-state index contributed by atoms with van der Waals surface area (Å²) in [5.74, 6) is -0.858. The standard InChI is InChI=1S/C20H24N2O4/c1-15-7-9-16(10-8-15)13-22(2)19(24)14-26-20(25)17-5-3-4-6-18(17)21-11-12-23/h3-10,21,23H,11-14H2,1-2H3. The van der Waals surface area contributed by atoms with Crippen molar-refractivity contribution in [3.8, 4) is 0 Å². The van der Waals surface area contributed by atoms with Gasteiger partial charge in [-0.2, -0.15) is 0 Å². The second kappa shape index (κ2) is 9.58. The SMILES string of the molecule is Cc1ccc(CN(C)C(=O)COC(=O)c2ccccc2NCCO)cc1. The predicted molar refractivity (Wildman–Crippen MR) is 100.0 cm³/mol. The number of carbonyl (C=O) groups excluding carboxylic acids is 2. The molecular formula is C20H24N2O4. The number of para-hydroxylation sites is 1. The molecule has 0 fully saturated rings. The highest BCUT2D eigenvalue weighted by molar-refractivity contribution is 5.96. The molecule has 0 aliphatic rings. The topological polar surface area (TPSA) is 78.9 Å². The number of esters is 1. The summed E-state index contributed by atoms with van der Waals surface area (Å²) in [4.78, 5) is 26.0. The minimum atomic E-state index is -0.580. The van der Waals surface area contributed by atoms with Gasteiger partial charge in [0.1, 0.15) is 0 Å². The lowest BCUT2D eigenvalue weighted by Crippen LogP contribution is -2.31. The summed E-state index contributed by atoms with van der Waals surface area (Å²) in [6, 6.07) is 14.7. The van der Waals surface area contributed by atoms with Gasteiger partial charge in [-0.25, -0.2) is 4.79 Å². The molecule has 2 aromatic rings. The van der Waals surface area contributed by atoms with E-state index in [1.54, 1.807) is 31.3 Å². The second-order valence-electron chi connectivity index (χ2n) is 6.01. The molecular weight excluding hydrogens is 332 g/mol. The van der Waals surface area contributed by atoms with Crippen LogP contribution in [0.25, 0.3) is 0 Å². The number of benzene rings is 2. The normalized spacial score (nSPS) is 10.3. The Hall–Kier alpha value is -2.86. The van der Waals surface area contributed by atoms with E-state index >= 15 is 0 Å². The second-order valence-corrected chi connectivity index (χ2v) is 6.01. The van der Waals surface area contributed by atoms with Crippen LogP contribution in [-0.2, 0) is 16.1 Å². The van der Waals surface area contributed by atoms with E-state index in [1.165, 1.54) is 4.90 Å². The van der Waals surface area contributed by atoms with E-state index in [1.807, 2.05) is 31.2 Å². The zero-order chi connectivity index (χ0) is 18.9. The fourth-order valence-corrected chi connectivity index (χ4v) is 2.38. The largest absolute Gasteiger partial charge is 0.452 e. The highest BCUT2D eigenvalue weighted by Gasteiger charge is 2.16. The van der Waals surface area contributed by atoms with E-state index in [0.717, 1.165) is 11.1 Å². The van der Waals surface area contributed by atoms with Crippen molar-refractivity contribution in [2.24, 2.45) is 0 Å². The quantitative estimate of drug-likeness (QED) is 0.709. The van der Waals surface area contributed by atoms with Gasteiger partial charge in [0.15, 0.2) is 6.61 Å². The number of aliphatic hydroxyl groups is 1. The molecule has 138 valence electrons. The monoisotopic (exact) mass is 356 g/mol. The van der Waals surface area contributed by atoms with Gasteiger partial charge in [0.25, 0.3) is 5.91 Å². The number of aryl methyl sites for hydroxylation is 1. The number of nitrogens with one attached hydrogen (secondary N) is 1. The third kappa shape index (κ3) is 5.60. The third-order valence-corrected chi connectivity index (χ3v) is 3.87. The van der Waals surface area contributed by atoms with Crippen molar-refractivity contribution in [2.75, 3.05) is 32.1 Å². The Morgan fingerprint density at radius 1 is 1.12 bits per heavy atom. The maximum atomic E-state index is 12.3. The summed E-state index contributed by atoms with van der Waals surface area (Å²) in [5.41, 5.74) is 3.06. The van der Waals surface area contributed by atoms with Crippen molar-refractivity contribution >= 4 is 17.6 Å². The fourth-order valence-electron chi connectivity index (χ4n) is 2.38. The summed E-state index contributed by atoms with van der Waals surface area (Å²) < 4.78 is 5.16. The molecule has 2 aromatic carbocycles. The molecule has 0 heterocycles. The summed E-state index contributed by atoms with van der Waals surface area (Å²) >= 11 is 0. The predicted octanol–water partition coefficient (Wildman–Crippen LogP) is 2.21. The van der Waals surface area contributed by atoms with E-state index in [-0.39, 0.29) is 19.1 Å².